The van der Waals surface area contributed by atoms with E-state index in [4.69, 9.17) is 11.6 Å². The minimum Gasteiger partial charge on any atom is -0.481 e. The summed E-state index contributed by atoms with van der Waals surface area (Å²) in [6, 6.07) is 3.91. The van der Waals surface area contributed by atoms with Crippen LogP contribution in [-0.4, -0.2) is 11.1 Å². The van der Waals surface area contributed by atoms with Crippen LogP contribution in [0.15, 0.2) is 12.1 Å². The van der Waals surface area contributed by atoms with Gasteiger partial charge in [-0.05, 0) is 49.7 Å². The van der Waals surface area contributed by atoms with Crippen LogP contribution < -0.4 is 0 Å². The number of aliphatic carboxylic acids is 1. The first-order valence-corrected chi connectivity index (χ1v) is 7.22. The van der Waals surface area contributed by atoms with Crippen LogP contribution in [-0.2, 0) is 11.2 Å². The van der Waals surface area contributed by atoms with Gasteiger partial charge in [-0.25, -0.2) is 0 Å². The Morgan fingerprint density at radius 2 is 2.29 bits per heavy atom. The van der Waals surface area contributed by atoms with E-state index in [-0.39, 0.29) is 11.8 Å². The van der Waals surface area contributed by atoms with E-state index in [1.54, 1.807) is 11.3 Å². The van der Waals surface area contributed by atoms with Gasteiger partial charge in [0.15, 0.2) is 0 Å². The van der Waals surface area contributed by atoms with Crippen molar-refractivity contribution < 1.29 is 9.90 Å². The van der Waals surface area contributed by atoms with E-state index >= 15 is 0 Å². The molecule has 0 aromatic carbocycles. The van der Waals surface area contributed by atoms with E-state index < -0.39 is 5.97 Å². The lowest BCUT2D eigenvalue weighted by Gasteiger charge is -2.32. The molecule has 1 aromatic rings. The fourth-order valence-corrected chi connectivity index (χ4v) is 3.95. The number of carboxylic acid groups (broad SMARTS) is 1. The van der Waals surface area contributed by atoms with Crippen LogP contribution in [0.25, 0.3) is 0 Å². The summed E-state index contributed by atoms with van der Waals surface area (Å²) in [7, 11) is 0. The summed E-state index contributed by atoms with van der Waals surface area (Å²) in [5, 5.41) is 9.26. The van der Waals surface area contributed by atoms with Gasteiger partial charge >= 0.3 is 5.97 Å². The van der Waals surface area contributed by atoms with E-state index in [1.807, 2.05) is 12.1 Å². The number of hydrogen-bond acceptors (Lipinski definition) is 2. The molecule has 1 aliphatic rings. The average molecular weight is 273 g/mol. The molecule has 1 heterocycles. The zero-order chi connectivity index (χ0) is 12.4. The smallest absolute Gasteiger partial charge is 0.306 e. The fraction of sp³-hybridized carbons (Fsp3) is 0.615. The van der Waals surface area contributed by atoms with Gasteiger partial charge in [-0.15, -0.1) is 11.3 Å². The average Bonchev–Trinajstić information content (AvgIpc) is 2.63. The molecule has 1 fully saturated rings. The van der Waals surface area contributed by atoms with Gasteiger partial charge in [0.25, 0.3) is 0 Å². The maximum Gasteiger partial charge on any atom is 0.306 e. The Bertz CT molecular complexity index is 402. The number of carboxylic acids is 1. The molecule has 0 spiro atoms. The Balaban J connectivity index is 2.07. The highest BCUT2D eigenvalue weighted by molar-refractivity contribution is 7.16. The van der Waals surface area contributed by atoms with Gasteiger partial charge in [0, 0.05) is 4.88 Å². The standard InChI is InChI=1S/C13H17ClO2S/c1-8-2-4-11(13(15)16)9(6-8)7-10-3-5-12(14)17-10/h3,5,8-9,11H,2,4,6-7H2,1H3,(H,15,16). The van der Waals surface area contributed by atoms with E-state index in [1.165, 1.54) is 4.88 Å². The maximum atomic E-state index is 11.2. The second-order valence-electron chi connectivity index (χ2n) is 5.03. The van der Waals surface area contributed by atoms with Crippen LogP contribution in [0, 0.1) is 17.8 Å². The van der Waals surface area contributed by atoms with Crippen molar-refractivity contribution in [3.8, 4) is 0 Å². The van der Waals surface area contributed by atoms with Crippen LogP contribution in [0.1, 0.15) is 31.1 Å². The SMILES string of the molecule is CC1CCC(C(=O)O)C(Cc2ccc(Cl)s2)C1. The van der Waals surface area contributed by atoms with E-state index in [9.17, 15) is 9.90 Å². The number of halogens is 1. The minimum atomic E-state index is -0.635. The van der Waals surface area contributed by atoms with Crippen LogP contribution >= 0.6 is 22.9 Å². The van der Waals surface area contributed by atoms with Gasteiger partial charge in [-0.2, -0.15) is 0 Å². The molecule has 0 aliphatic heterocycles. The first kappa shape index (κ1) is 12.9. The van der Waals surface area contributed by atoms with Gasteiger partial charge in [0.05, 0.1) is 10.3 Å². The first-order valence-electron chi connectivity index (χ1n) is 6.03. The van der Waals surface area contributed by atoms with Crippen molar-refractivity contribution in [2.75, 3.05) is 0 Å². The summed E-state index contributed by atoms with van der Waals surface area (Å²) in [5.41, 5.74) is 0. The fourth-order valence-electron chi connectivity index (χ4n) is 2.77. The lowest BCUT2D eigenvalue weighted by molar-refractivity contribution is -0.145. The normalized spacial score (nSPS) is 29.2. The molecule has 94 valence electrons. The quantitative estimate of drug-likeness (QED) is 0.900. The monoisotopic (exact) mass is 272 g/mol. The summed E-state index contributed by atoms with van der Waals surface area (Å²) < 4.78 is 0.788. The molecule has 2 nitrogen and oxygen atoms in total. The third-order valence-corrected chi connectivity index (χ3v) is 4.91. The highest BCUT2D eigenvalue weighted by Crippen LogP contribution is 2.37. The molecule has 17 heavy (non-hydrogen) atoms. The Morgan fingerprint density at radius 1 is 1.53 bits per heavy atom. The summed E-state index contributed by atoms with van der Waals surface area (Å²) in [6.07, 6.45) is 3.74. The molecule has 3 atom stereocenters. The minimum absolute atomic E-state index is 0.174. The van der Waals surface area contributed by atoms with Gasteiger partial charge in [0.2, 0.25) is 0 Å². The molecule has 2 rings (SSSR count). The summed E-state index contributed by atoms with van der Waals surface area (Å²) in [4.78, 5) is 12.5. The number of thiophene rings is 1. The molecule has 0 radical (unpaired) electrons. The Labute approximate surface area is 111 Å². The van der Waals surface area contributed by atoms with Crippen LogP contribution in [0.3, 0.4) is 0 Å². The van der Waals surface area contributed by atoms with Crippen LogP contribution in [0.2, 0.25) is 4.34 Å². The van der Waals surface area contributed by atoms with Crippen molar-refractivity contribution in [3.05, 3.63) is 21.3 Å². The van der Waals surface area contributed by atoms with E-state index in [2.05, 4.69) is 6.92 Å². The van der Waals surface area contributed by atoms with Crippen LogP contribution in [0.5, 0.6) is 0 Å². The zero-order valence-electron chi connectivity index (χ0n) is 9.86. The largest absolute Gasteiger partial charge is 0.481 e. The molecule has 1 N–H and O–H groups in total. The highest BCUT2D eigenvalue weighted by atomic mass is 35.5. The number of hydrogen-bond donors (Lipinski definition) is 1. The van der Waals surface area contributed by atoms with Crippen LogP contribution in [0.4, 0.5) is 0 Å². The number of rotatable bonds is 3. The maximum absolute atomic E-state index is 11.2. The van der Waals surface area contributed by atoms with Gasteiger partial charge in [-0.1, -0.05) is 18.5 Å². The topological polar surface area (TPSA) is 37.3 Å². The molecular formula is C13H17ClO2S. The van der Waals surface area contributed by atoms with E-state index in [0.717, 1.165) is 30.0 Å². The molecule has 3 unspecified atom stereocenters. The van der Waals surface area contributed by atoms with Crippen molar-refractivity contribution in [1.29, 1.82) is 0 Å². The van der Waals surface area contributed by atoms with Crippen molar-refractivity contribution >= 4 is 28.9 Å². The Morgan fingerprint density at radius 3 is 2.88 bits per heavy atom. The third-order valence-electron chi connectivity index (χ3n) is 3.65. The Hall–Kier alpha value is -0.540. The molecular weight excluding hydrogens is 256 g/mol. The third kappa shape index (κ3) is 3.23. The predicted molar refractivity (Wildman–Crippen MR) is 70.7 cm³/mol. The molecule has 1 aliphatic carbocycles. The molecule has 0 saturated heterocycles. The van der Waals surface area contributed by atoms with Crippen molar-refractivity contribution in [3.63, 3.8) is 0 Å². The first-order chi connectivity index (χ1) is 8.06. The summed E-state index contributed by atoms with van der Waals surface area (Å²) in [5.74, 6) is 0.105. The lowest BCUT2D eigenvalue weighted by atomic mass is 9.73. The highest BCUT2D eigenvalue weighted by Gasteiger charge is 2.33. The summed E-state index contributed by atoms with van der Waals surface area (Å²) >= 11 is 7.48. The second kappa shape index (κ2) is 5.40. The molecule has 0 bridgehead atoms. The lowest BCUT2D eigenvalue weighted by Crippen LogP contribution is -2.31. The van der Waals surface area contributed by atoms with Gasteiger partial charge in [-0.3, -0.25) is 4.79 Å². The predicted octanol–water partition coefficient (Wildman–Crippen LogP) is 4.08. The van der Waals surface area contributed by atoms with Crippen molar-refractivity contribution in [2.24, 2.45) is 17.8 Å². The zero-order valence-corrected chi connectivity index (χ0v) is 11.4. The number of carbonyl (C=O) groups is 1. The van der Waals surface area contributed by atoms with Gasteiger partial charge in [0.1, 0.15) is 0 Å². The second-order valence-corrected chi connectivity index (χ2v) is 6.83. The molecule has 0 amide bonds. The molecule has 1 aromatic heterocycles. The van der Waals surface area contributed by atoms with Gasteiger partial charge < -0.3 is 5.11 Å². The van der Waals surface area contributed by atoms with E-state index in [0.29, 0.717) is 5.92 Å². The summed E-state index contributed by atoms with van der Waals surface area (Å²) in [6.45, 7) is 2.21. The van der Waals surface area contributed by atoms with Crippen molar-refractivity contribution in [1.82, 2.24) is 0 Å². The van der Waals surface area contributed by atoms with Crippen molar-refractivity contribution in [2.45, 2.75) is 32.6 Å². The molecule has 1 saturated carbocycles. The molecule has 4 heteroatoms. The Kier molecular flexibility index (Phi) is 4.10.